The van der Waals surface area contributed by atoms with Crippen LogP contribution in [0.4, 0.5) is 5.95 Å². The van der Waals surface area contributed by atoms with E-state index in [0.717, 1.165) is 44.3 Å². The molecular formula is C15H18N8. The van der Waals surface area contributed by atoms with Gasteiger partial charge < -0.3 is 5.32 Å². The summed E-state index contributed by atoms with van der Waals surface area (Å²) < 4.78 is 1.53. The van der Waals surface area contributed by atoms with Gasteiger partial charge in [-0.2, -0.15) is 30.0 Å². The lowest BCUT2D eigenvalue weighted by molar-refractivity contribution is 0.390. The van der Waals surface area contributed by atoms with Gasteiger partial charge in [-0.05, 0) is 25.7 Å². The molecule has 2 aromatic heterocycles. The second-order valence-electron chi connectivity index (χ2n) is 6.31. The Kier molecular flexibility index (Phi) is 3.41. The second-order valence-corrected chi connectivity index (χ2v) is 6.31. The van der Waals surface area contributed by atoms with Crippen LogP contribution in [0.1, 0.15) is 56.7 Å². The van der Waals surface area contributed by atoms with Gasteiger partial charge >= 0.3 is 0 Å². The number of nitrogens with zero attached hydrogens (tertiary/aromatic N) is 7. The summed E-state index contributed by atoms with van der Waals surface area (Å²) in [5.41, 5.74) is -0.569. The summed E-state index contributed by atoms with van der Waals surface area (Å²) >= 11 is 0. The number of nitrogens with one attached hydrogen (secondary N) is 1. The van der Waals surface area contributed by atoms with E-state index in [1.54, 1.807) is 6.33 Å². The molecule has 0 bridgehead atoms. The highest BCUT2D eigenvalue weighted by molar-refractivity contribution is 5.37. The number of nitriles is 1. The molecule has 0 radical (unpaired) electrons. The Hall–Kier alpha value is -2.56. The predicted molar refractivity (Wildman–Crippen MR) is 81.8 cm³/mol. The molecule has 118 valence electrons. The third-order valence-corrected chi connectivity index (χ3v) is 4.48. The van der Waals surface area contributed by atoms with E-state index in [0.29, 0.717) is 17.8 Å². The first-order valence-electron chi connectivity index (χ1n) is 8.08. The summed E-state index contributed by atoms with van der Waals surface area (Å²) in [5.74, 6) is 2.09. The molecule has 0 aliphatic heterocycles. The first kappa shape index (κ1) is 14.1. The van der Waals surface area contributed by atoms with E-state index in [-0.39, 0.29) is 0 Å². The van der Waals surface area contributed by atoms with Crippen LogP contribution in [0.5, 0.6) is 0 Å². The maximum absolute atomic E-state index is 9.64. The Labute approximate surface area is 134 Å². The van der Waals surface area contributed by atoms with Gasteiger partial charge in [0, 0.05) is 5.92 Å². The standard InChI is InChI=1S/C15H18N8/c16-8-15(6-2-1-3-7-15)22-13-19-12(11-4-5-11)20-14(21-13)23-10-17-9-18-23/h9-11H,1-7H2,(H,19,20,21,22). The fourth-order valence-corrected chi connectivity index (χ4v) is 3.01. The normalized spacial score (nSPS) is 20.0. The minimum atomic E-state index is -0.569. The SMILES string of the molecule is N#CC1(Nc2nc(C3CC3)nc(-n3cncn3)n2)CCCCC1. The van der Waals surface area contributed by atoms with Crippen LogP contribution >= 0.6 is 0 Å². The van der Waals surface area contributed by atoms with Crippen LogP contribution in [0.25, 0.3) is 5.95 Å². The van der Waals surface area contributed by atoms with Crippen LogP contribution in [0, 0.1) is 11.3 Å². The lowest BCUT2D eigenvalue weighted by atomic mass is 9.83. The monoisotopic (exact) mass is 310 g/mol. The fraction of sp³-hybridized carbons (Fsp3) is 0.600. The van der Waals surface area contributed by atoms with E-state index in [4.69, 9.17) is 0 Å². The maximum Gasteiger partial charge on any atom is 0.257 e. The van der Waals surface area contributed by atoms with Gasteiger partial charge in [-0.15, -0.1) is 0 Å². The number of anilines is 1. The van der Waals surface area contributed by atoms with Crippen molar-refractivity contribution in [2.24, 2.45) is 0 Å². The van der Waals surface area contributed by atoms with E-state index in [1.807, 2.05) is 0 Å². The van der Waals surface area contributed by atoms with E-state index in [2.05, 4.69) is 36.4 Å². The summed E-state index contributed by atoms with van der Waals surface area (Å²) in [6, 6.07) is 2.44. The Balaban J connectivity index is 1.68. The summed E-state index contributed by atoms with van der Waals surface area (Å²) in [7, 11) is 0. The molecule has 8 nitrogen and oxygen atoms in total. The van der Waals surface area contributed by atoms with Crippen LogP contribution in [0.2, 0.25) is 0 Å². The van der Waals surface area contributed by atoms with E-state index >= 15 is 0 Å². The quantitative estimate of drug-likeness (QED) is 0.920. The Morgan fingerprint density at radius 1 is 1.17 bits per heavy atom. The zero-order valence-corrected chi connectivity index (χ0v) is 12.8. The van der Waals surface area contributed by atoms with Gasteiger partial charge in [0.05, 0.1) is 6.07 Å². The van der Waals surface area contributed by atoms with E-state index in [9.17, 15) is 5.26 Å². The Morgan fingerprint density at radius 2 is 2.00 bits per heavy atom. The minimum absolute atomic E-state index is 0.394. The van der Waals surface area contributed by atoms with Crippen molar-refractivity contribution in [1.29, 1.82) is 5.26 Å². The lowest BCUT2D eigenvalue weighted by Gasteiger charge is -2.31. The summed E-state index contributed by atoms with van der Waals surface area (Å²) in [6.45, 7) is 0. The van der Waals surface area contributed by atoms with Crippen LogP contribution < -0.4 is 5.32 Å². The zero-order chi connectivity index (χ0) is 15.7. The van der Waals surface area contributed by atoms with Gasteiger partial charge in [-0.25, -0.2) is 4.98 Å². The maximum atomic E-state index is 9.64. The molecule has 0 saturated heterocycles. The van der Waals surface area contributed by atoms with Crippen molar-refractivity contribution in [2.75, 3.05) is 5.32 Å². The molecule has 2 aromatic rings. The van der Waals surface area contributed by atoms with Crippen molar-refractivity contribution in [2.45, 2.75) is 56.4 Å². The number of rotatable bonds is 4. The van der Waals surface area contributed by atoms with Crippen molar-refractivity contribution in [3.63, 3.8) is 0 Å². The van der Waals surface area contributed by atoms with Gasteiger partial charge in [-0.3, -0.25) is 0 Å². The highest BCUT2D eigenvalue weighted by Gasteiger charge is 2.34. The molecule has 0 unspecified atom stereocenters. The zero-order valence-electron chi connectivity index (χ0n) is 12.8. The van der Waals surface area contributed by atoms with Crippen molar-refractivity contribution in [1.82, 2.24) is 29.7 Å². The molecule has 2 aliphatic carbocycles. The molecule has 23 heavy (non-hydrogen) atoms. The van der Waals surface area contributed by atoms with Gasteiger partial charge in [0.15, 0.2) is 0 Å². The number of hydrogen-bond donors (Lipinski definition) is 1. The Bertz CT molecular complexity index is 722. The largest absolute Gasteiger partial charge is 0.336 e. The molecule has 8 heteroatoms. The fourth-order valence-electron chi connectivity index (χ4n) is 3.01. The van der Waals surface area contributed by atoms with Gasteiger partial charge in [0.1, 0.15) is 24.0 Å². The predicted octanol–water partition coefficient (Wildman–Crippen LogP) is 1.97. The van der Waals surface area contributed by atoms with Crippen LogP contribution in [0.15, 0.2) is 12.7 Å². The van der Waals surface area contributed by atoms with Crippen molar-refractivity contribution in [3.05, 3.63) is 18.5 Å². The average molecular weight is 310 g/mol. The van der Waals surface area contributed by atoms with E-state index in [1.165, 1.54) is 17.4 Å². The molecule has 2 fully saturated rings. The molecule has 1 N–H and O–H groups in total. The average Bonchev–Trinajstić information content (AvgIpc) is 3.30. The summed E-state index contributed by atoms with van der Waals surface area (Å²) in [5, 5.41) is 17.0. The molecule has 0 aromatic carbocycles. The first-order valence-corrected chi connectivity index (χ1v) is 8.08. The van der Waals surface area contributed by atoms with Crippen molar-refractivity contribution >= 4 is 5.95 Å². The van der Waals surface area contributed by atoms with Gasteiger partial charge in [0.2, 0.25) is 5.95 Å². The molecule has 0 amide bonds. The molecular weight excluding hydrogens is 292 g/mol. The third kappa shape index (κ3) is 2.86. The van der Waals surface area contributed by atoms with Crippen LogP contribution in [0.3, 0.4) is 0 Å². The number of hydrogen-bond acceptors (Lipinski definition) is 7. The third-order valence-electron chi connectivity index (χ3n) is 4.48. The van der Waals surface area contributed by atoms with Crippen molar-refractivity contribution < 1.29 is 0 Å². The molecule has 0 spiro atoms. The molecule has 2 aliphatic rings. The summed E-state index contributed by atoms with van der Waals surface area (Å²) in [6.07, 6.45) is 10.2. The Morgan fingerprint density at radius 3 is 2.65 bits per heavy atom. The summed E-state index contributed by atoms with van der Waals surface area (Å²) in [4.78, 5) is 17.4. The highest BCUT2D eigenvalue weighted by atomic mass is 15.4. The van der Waals surface area contributed by atoms with E-state index < -0.39 is 5.54 Å². The lowest BCUT2D eigenvalue weighted by Crippen LogP contribution is -2.39. The molecule has 0 atom stereocenters. The van der Waals surface area contributed by atoms with Crippen molar-refractivity contribution in [3.8, 4) is 12.0 Å². The minimum Gasteiger partial charge on any atom is -0.336 e. The van der Waals surface area contributed by atoms with Gasteiger partial charge in [-0.1, -0.05) is 19.3 Å². The molecule has 4 rings (SSSR count). The molecule has 2 saturated carbocycles. The highest BCUT2D eigenvalue weighted by Crippen LogP contribution is 2.38. The van der Waals surface area contributed by atoms with Crippen LogP contribution in [-0.2, 0) is 0 Å². The topological polar surface area (TPSA) is 105 Å². The van der Waals surface area contributed by atoms with Crippen LogP contribution in [-0.4, -0.2) is 35.3 Å². The number of aromatic nitrogens is 6. The molecule has 2 heterocycles. The first-order chi connectivity index (χ1) is 11.3. The second kappa shape index (κ2) is 5.57. The smallest absolute Gasteiger partial charge is 0.257 e. The van der Waals surface area contributed by atoms with Gasteiger partial charge in [0.25, 0.3) is 5.95 Å².